The molecule has 1 atom stereocenters. The predicted molar refractivity (Wildman–Crippen MR) is 149 cm³/mol. The van der Waals surface area contributed by atoms with Gasteiger partial charge in [0.05, 0.1) is 24.1 Å². The van der Waals surface area contributed by atoms with E-state index in [-0.39, 0.29) is 6.61 Å². The smallest absolute Gasteiger partial charge is 0.227 e. The minimum absolute atomic E-state index is 0.218. The molecule has 1 N–H and O–H groups in total. The molecule has 4 aromatic rings. The molecular formula is C31H37N3O4. The monoisotopic (exact) mass is 515 g/mol. The van der Waals surface area contributed by atoms with E-state index >= 15 is 0 Å². The molecule has 4 rings (SSSR count). The molecule has 0 fully saturated rings. The maximum Gasteiger partial charge on any atom is 0.227 e. The molecule has 38 heavy (non-hydrogen) atoms. The van der Waals surface area contributed by atoms with Gasteiger partial charge in [0.2, 0.25) is 5.88 Å². The summed E-state index contributed by atoms with van der Waals surface area (Å²) in [5, 5.41) is 15.7. The number of hydrogen-bond donors (Lipinski definition) is 1. The van der Waals surface area contributed by atoms with Crippen LogP contribution >= 0.6 is 0 Å². The predicted octanol–water partition coefficient (Wildman–Crippen LogP) is 5.88. The first kappa shape index (κ1) is 27.2. The number of nitrogens with zero attached hydrogens (tertiary/aromatic N) is 3. The number of benzene rings is 3. The van der Waals surface area contributed by atoms with E-state index in [1.165, 1.54) is 0 Å². The number of ether oxygens (including phenoxy) is 3. The Labute approximate surface area is 225 Å². The van der Waals surface area contributed by atoms with Gasteiger partial charge in [0, 0.05) is 19.6 Å². The number of methoxy groups -OCH3 is 1. The van der Waals surface area contributed by atoms with Crippen LogP contribution in [0.5, 0.6) is 23.1 Å². The Bertz CT molecular complexity index is 1260. The van der Waals surface area contributed by atoms with Gasteiger partial charge >= 0.3 is 0 Å². The van der Waals surface area contributed by atoms with Crippen molar-refractivity contribution in [3.8, 4) is 28.8 Å². The molecule has 1 heterocycles. The Morgan fingerprint density at radius 3 is 2.11 bits per heavy atom. The number of aliphatic hydroxyl groups excluding tert-OH is 1. The van der Waals surface area contributed by atoms with Crippen molar-refractivity contribution in [1.29, 1.82) is 0 Å². The lowest BCUT2D eigenvalue weighted by Gasteiger charge is -2.27. The van der Waals surface area contributed by atoms with Crippen LogP contribution in [0.4, 0.5) is 0 Å². The third-order valence-electron chi connectivity index (χ3n) is 6.07. The number of hydrogen-bond acceptors (Lipinski definition) is 6. The van der Waals surface area contributed by atoms with E-state index < -0.39 is 6.10 Å². The molecule has 3 aromatic carbocycles. The molecule has 0 saturated carbocycles. The summed E-state index contributed by atoms with van der Waals surface area (Å²) in [7, 11) is 1.64. The second kappa shape index (κ2) is 13.1. The highest BCUT2D eigenvalue weighted by atomic mass is 16.5. The van der Waals surface area contributed by atoms with Crippen LogP contribution < -0.4 is 14.2 Å². The summed E-state index contributed by atoms with van der Waals surface area (Å²) in [5.74, 6) is 3.27. The summed E-state index contributed by atoms with van der Waals surface area (Å²) < 4.78 is 19.4. The number of rotatable bonds is 13. The summed E-state index contributed by atoms with van der Waals surface area (Å²) >= 11 is 0. The van der Waals surface area contributed by atoms with Crippen LogP contribution in [-0.2, 0) is 6.54 Å². The van der Waals surface area contributed by atoms with Crippen molar-refractivity contribution in [1.82, 2.24) is 14.7 Å². The fourth-order valence-electron chi connectivity index (χ4n) is 4.33. The molecule has 0 aliphatic heterocycles. The van der Waals surface area contributed by atoms with Gasteiger partial charge in [-0.3, -0.25) is 4.90 Å². The Morgan fingerprint density at radius 2 is 1.47 bits per heavy atom. The van der Waals surface area contributed by atoms with Gasteiger partial charge < -0.3 is 19.3 Å². The third-order valence-corrected chi connectivity index (χ3v) is 6.07. The molecule has 0 aliphatic carbocycles. The Morgan fingerprint density at radius 1 is 0.842 bits per heavy atom. The van der Waals surface area contributed by atoms with Gasteiger partial charge in [0.1, 0.15) is 30.0 Å². The molecule has 1 aromatic heterocycles. The van der Waals surface area contributed by atoms with Gasteiger partial charge in [0.25, 0.3) is 0 Å². The molecule has 0 saturated heterocycles. The fourth-order valence-corrected chi connectivity index (χ4v) is 4.33. The Balaban J connectivity index is 1.59. The van der Waals surface area contributed by atoms with E-state index in [0.717, 1.165) is 35.0 Å². The van der Waals surface area contributed by atoms with Gasteiger partial charge in [-0.05, 0) is 61.4 Å². The summed E-state index contributed by atoms with van der Waals surface area (Å²) in [6, 6.07) is 27.0. The Hall–Kier alpha value is -3.81. The average molecular weight is 516 g/mol. The lowest BCUT2D eigenvalue weighted by atomic mass is 10.1. The number of aromatic nitrogens is 2. The van der Waals surface area contributed by atoms with Gasteiger partial charge in [-0.15, -0.1) is 0 Å². The van der Waals surface area contributed by atoms with Crippen molar-refractivity contribution in [3.63, 3.8) is 0 Å². The van der Waals surface area contributed by atoms with Gasteiger partial charge in [-0.1, -0.05) is 50.2 Å². The van der Waals surface area contributed by atoms with Crippen molar-refractivity contribution < 1.29 is 19.3 Å². The largest absolute Gasteiger partial charge is 0.497 e. The zero-order valence-corrected chi connectivity index (χ0v) is 22.6. The first-order valence-corrected chi connectivity index (χ1v) is 13.0. The number of para-hydroxylation sites is 2. The van der Waals surface area contributed by atoms with E-state index in [4.69, 9.17) is 19.3 Å². The van der Waals surface area contributed by atoms with E-state index in [0.29, 0.717) is 30.6 Å². The van der Waals surface area contributed by atoms with Crippen molar-refractivity contribution in [2.24, 2.45) is 5.92 Å². The quantitative estimate of drug-likeness (QED) is 0.240. The second-order valence-corrected chi connectivity index (χ2v) is 9.76. The zero-order valence-electron chi connectivity index (χ0n) is 22.6. The van der Waals surface area contributed by atoms with Crippen LogP contribution in [0.15, 0.2) is 84.9 Å². The highest BCUT2D eigenvalue weighted by Crippen LogP contribution is 2.32. The van der Waals surface area contributed by atoms with Crippen LogP contribution in [0, 0.1) is 12.8 Å². The van der Waals surface area contributed by atoms with Crippen LogP contribution in [0.1, 0.15) is 25.1 Å². The highest BCUT2D eigenvalue weighted by molar-refractivity contribution is 5.44. The summed E-state index contributed by atoms with van der Waals surface area (Å²) in [4.78, 5) is 2.24. The third kappa shape index (κ3) is 7.37. The molecule has 200 valence electrons. The van der Waals surface area contributed by atoms with Gasteiger partial charge in [0.15, 0.2) is 0 Å². The van der Waals surface area contributed by atoms with E-state index in [2.05, 4.69) is 18.7 Å². The molecule has 7 heteroatoms. The molecular weight excluding hydrogens is 478 g/mol. The number of aliphatic hydroxyl groups is 1. The summed E-state index contributed by atoms with van der Waals surface area (Å²) in [6.07, 6.45) is -0.649. The first-order valence-electron chi connectivity index (χ1n) is 13.0. The van der Waals surface area contributed by atoms with Crippen LogP contribution in [0.3, 0.4) is 0 Å². The second-order valence-electron chi connectivity index (χ2n) is 9.76. The van der Waals surface area contributed by atoms with Crippen molar-refractivity contribution >= 4 is 0 Å². The lowest BCUT2D eigenvalue weighted by molar-refractivity contribution is 0.0612. The molecule has 7 nitrogen and oxygen atoms in total. The molecule has 0 spiro atoms. The Kier molecular flexibility index (Phi) is 9.40. The normalized spacial score (nSPS) is 12.1. The van der Waals surface area contributed by atoms with Crippen LogP contribution in [-0.4, -0.2) is 52.7 Å². The average Bonchev–Trinajstić information content (AvgIpc) is 3.23. The van der Waals surface area contributed by atoms with Crippen molar-refractivity contribution in [3.05, 3.63) is 96.2 Å². The minimum Gasteiger partial charge on any atom is -0.497 e. The highest BCUT2D eigenvalue weighted by Gasteiger charge is 2.23. The minimum atomic E-state index is -0.649. The van der Waals surface area contributed by atoms with Gasteiger partial charge in [-0.25, -0.2) is 4.68 Å². The summed E-state index contributed by atoms with van der Waals surface area (Å²) in [6.45, 7) is 8.41. The molecule has 0 radical (unpaired) electrons. The van der Waals surface area contributed by atoms with E-state index in [9.17, 15) is 5.11 Å². The van der Waals surface area contributed by atoms with E-state index in [1.54, 1.807) is 7.11 Å². The van der Waals surface area contributed by atoms with Crippen molar-refractivity contribution in [2.75, 3.05) is 26.8 Å². The lowest BCUT2D eigenvalue weighted by Crippen LogP contribution is -2.37. The summed E-state index contributed by atoms with van der Waals surface area (Å²) in [5.41, 5.74) is 2.76. The van der Waals surface area contributed by atoms with Gasteiger partial charge in [-0.2, -0.15) is 5.10 Å². The van der Waals surface area contributed by atoms with Crippen molar-refractivity contribution in [2.45, 2.75) is 33.4 Å². The van der Waals surface area contributed by atoms with Crippen LogP contribution in [0.25, 0.3) is 5.69 Å². The molecule has 0 bridgehead atoms. The van der Waals surface area contributed by atoms with Crippen LogP contribution in [0.2, 0.25) is 0 Å². The topological polar surface area (TPSA) is 69.0 Å². The molecule has 1 unspecified atom stereocenters. The molecule has 0 amide bonds. The zero-order chi connectivity index (χ0) is 26.9. The maximum atomic E-state index is 10.8. The van der Waals surface area contributed by atoms with E-state index in [1.807, 2.05) is 96.5 Å². The molecule has 0 aliphatic rings. The maximum absolute atomic E-state index is 10.8. The first-order chi connectivity index (χ1) is 18.4. The standard InChI is InChI=1S/C31H37N3O4/c1-23(2)19-33(20-26(35)22-37-28-13-9-6-10-14-28)21-30-24(3)32-34(25-11-7-5-8-12-25)31(30)38-29-17-15-27(36-4)16-18-29/h5-18,23,26,35H,19-22H2,1-4H3. The SMILES string of the molecule is COc1ccc(Oc2c(CN(CC(C)C)CC(O)COc3ccccc3)c(C)nn2-c2ccccc2)cc1. The fraction of sp³-hybridized carbons (Fsp3) is 0.323. The number of aryl methyl sites for hydroxylation is 1.